The maximum absolute atomic E-state index is 13.0. The van der Waals surface area contributed by atoms with E-state index in [1.165, 1.54) is 0 Å². The molecule has 2 rings (SSSR count). The van der Waals surface area contributed by atoms with Gasteiger partial charge in [0.25, 0.3) is 0 Å². The van der Waals surface area contributed by atoms with Crippen LogP contribution in [-0.2, 0) is 11.3 Å². The lowest BCUT2D eigenvalue weighted by molar-refractivity contribution is -0.142. The van der Waals surface area contributed by atoms with Crippen molar-refractivity contribution in [2.45, 2.75) is 39.7 Å². The predicted molar refractivity (Wildman–Crippen MR) is 80.2 cm³/mol. The van der Waals surface area contributed by atoms with E-state index in [0.29, 0.717) is 6.54 Å². The Bertz CT molecular complexity index is 427. The Morgan fingerprint density at radius 1 is 1.45 bits per heavy atom. The van der Waals surface area contributed by atoms with E-state index < -0.39 is 0 Å². The van der Waals surface area contributed by atoms with Gasteiger partial charge < -0.3 is 10.2 Å². The molecule has 2 heterocycles. The first-order valence-electron chi connectivity index (χ1n) is 7.62. The molecule has 0 aliphatic carbocycles. The fourth-order valence-electron chi connectivity index (χ4n) is 3.07. The Balaban J connectivity index is 2.11. The second-order valence-electron chi connectivity index (χ2n) is 5.60. The van der Waals surface area contributed by atoms with E-state index in [9.17, 15) is 4.79 Å². The average Bonchev–Trinajstić information content (AvgIpc) is 2.95. The van der Waals surface area contributed by atoms with Gasteiger partial charge in [0.2, 0.25) is 5.91 Å². The van der Waals surface area contributed by atoms with E-state index in [1.54, 1.807) is 6.20 Å². The van der Waals surface area contributed by atoms with Crippen molar-refractivity contribution in [3.05, 3.63) is 30.1 Å². The Morgan fingerprint density at radius 3 is 2.85 bits per heavy atom. The van der Waals surface area contributed by atoms with Crippen LogP contribution < -0.4 is 5.32 Å². The van der Waals surface area contributed by atoms with Gasteiger partial charge >= 0.3 is 0 Å². The Morgan fingerprint density at radius 2 is 2.30 bits per heavy atom. The number of hydrogen-bond acceptors (Lipinski definition) is 3. The molecule has 1 atom stereocenters. The van der Waals surface area contributed by atoms with Crippen molar-refractivity contribution in [2.75, 3.05) is 19.6 Å². The van der Waals surface area contributed by atoms with Crippen molar-refractivity contribution in [3.63, 3.8) is 0 Å². The second-order valence-corrected chi connectivity index (χ2v) is 5.60. The number of hydrogen-bond donors (Lipinski definition) is 1. The largest absolute Gasteiger partial charge is 0.337 e. The molecule has 0 aromatic carbocycles. The summed E-state index contributed by atoms with van der Waals surface area (Å²) in [5, 5.41) is 3.36. The first kappa shape index (κ1) is 15.0. The molecule has 1 unspecified atom stereocenters. The monoisotopic (exact) mass is 275 g/mol. The maximum atomic E-state index is 13.0. The van der Waals surface area contributed by atoms with Crippen molar-refractivity contribution in [3.8, 4) is 0 Å². The molecule has 1 aromatic heterocycles. The summed E-state index contributed by atoms with van der Waals surface area (Å²) in [6.07, 6.45) is 4.76. The van der Waals surface area contributed by atoms with Crippen molar-refractivity contribution in [2.24, 2.45) is 5.41 Å². The minimum absolute atomic E-state index is 0.195. The molecule has 0 saturated carbocycles. The van der Waals surface area contributed by atoms with Gasteiger partial charge in [-0.3, -0.25) is 9.78 Å². The molecule has 0 bridgehead atoms. The topological polar surface area (TPSA) is 45.2 Å². The minimum Gasteiger partial charge on any atom is -0.337 e. The van der Waals surface area contributed by atoms with E-state index in [-0.39, 0.29) is 11.3 Å². The van der Waals surface area contributed by atoms with Gasteiger partial charge in [-0.25, -0.2) is 0 Å². The molecule has 0 spiro atoms. The third kappa shape index (κ3) is 3.18. The lowest BCUT2D eigenvalue weighted by Crippen LogP contribution is -2.45. The summed E-state index contributed by atoms with van der Waals surface area (Å²) in [6, 6.07) is 5.86. The SMILES string of the molecule is CCCC1(C(=O)N(CC)Cc2ccccn2)CCNC1. The number of carbonyl (C=O) groups excluding carboxylic acids is 1. The van der Waals surface area contributed by atoms with Crippen molar-refractivity contribution < 1.29 is 4.79 Å². The number of amides is 1. The predicted octanol–water partition coefficient (Wildman–Crippen LogP) is 2.21. The summed E-state index contributed by atoms with van der Waals surface area (Å²) >= 11 is 0. The zero-order valence-corrected chi connectivity index (χ0v) is 12.6. The Hall–Kier alpha value is -1.42. The number of carbonyl (C=O) groups is 1. The molecular weight excluding hydrogens is 250 g/mol. The molecule has 1 aromatic rings. The second kappa shape index (κ2) is 6.84. The van der Waals surface area contributed by atoms with E-state index in [0.717, 1.165) is 44.6 Å². The van der Waals surface area contributed by atoms with Crippen LogP contribution in [0.1, 0.15) is 38.8 Å². The first-order valence-corrected chi connectivity index (χ1v) is 7.62. The third-order valence-electron chi connectivity index (χ3n) is 4.17. The third-order valence-corrected chi connectivity index (χ3v) is 4.17. The van der Waals surface area contributed by atoms with Gasteiger partial charge in [0, 0.05) is 19.3 Å². The molecule has 110 valence electrons. The number of pyridine rings is 1. The summed E-state index contributed by atoms with van der Waals surface area (Å²) in [5.74, 6) is 0.289. The molecule has 1 aliphatic heterocycles. The minimum atomic E-state index is -0.195. The van der Waals surface area contributed by atoms with Crippen molar-refractivity contribution in [1.29, 1.82) is 0 Å². The van der Waals surface area contributed by atoms with Crippen LogP contribution in [0.3, 0.4) is 0 Å². The molecule has 20 heavy (non-hydrogen) atoms. The molecular formula is C16H25N3O. The van der Waals surface area contributed by atoms with Crippen LogP contribution in [0.5, 0.6) is 0 Å². The number of nitrogens with one attached hydrogen (secondary N) is 1. The van der Waals surface area contributed by atoms with Gasteiger partial charge in [0.05, 0.1) is 17.7 Å². The highest BCUT2D eigenvalue weighted by molar-refractivity contribution is 5.83. The van der Waals surface area contributed by atoms with Gasteiger partial charge in [0.1, 0.15) is 0 Å². The smallest absolute Gasteiger partial charge is 0.230 e. The highest BCUT2D eigenvalue weighted by Crippen LogP contribution is 2.33. The van der Waals surface area contributed by atoms with Gasteiger partial charge in [-0.2, -0.15) is 0 Å². The highest BCUT2D eigenvalue weighted by atomic mass is 16.2. The molecule has 1 aliphatic rings. The number of nitrogens with zero attached hydrogens (tertiary/aromatic N) is 2. The molecule has 1 saturated heterocycles. The summed E-state index contributed by atoms with van der Waals surface area (Å²) in [4.78, 5) is 19.2. The zero-order chi connectivity index (χ0) is 14.4. The van der Waals surface area contributed by atoms with Gasteiger partial charge in [-0.1, -0.05) is 19.4 Å². The zero-order valence-electron chi connectivity index (χ0n) is 12.6. The number of aromatic nitrogens is 1. The van der Waals surface area contributed by atoms with E-state index >= 15 is 0 Å². The Kier molecular flexibility index (Phi) is 5.12. The summed E-state index contributed by atoms with van der Waals surface area (Å²) in [5.41, 5.74) is 0.764. The lowest BCUT2D eigenvalue weighted by Gasteiger charge is -2.33. The fraction of sp³-hybridized carbons (Fsp3) is 0.625. The van der Waals surface area contributed by atoms with Crippen molar-refractivity contribution >= 4 is 5.91 Å². The first-order chi connectivity index (χ1) is 9.72. The maximum Gasteiger partial charge on any atom is 0.230 e. The number of rotatable bonds is 6. The molecule has 4 heteroatoms. The van der Waals surface area contributed by atoms with Crippen LogP contribution in [0.15, 0.2) is 24.4 Å². The van der Waals surface area contributed by atoms with Crippen LogP contribution in [0, 0.1) is 5.41 Å². The Labute approximate surface area is 121 Å². The van der Waals surface area contributed by atoms with Gasteiger partial charge in [0.15, 0.2) is 0 Å². The van der Waals surface area contributed by atoms with E-state index in [4.69, 9.17) is 0 Å². The van der Waals surface area contributed by atoms with Gasteiger partial charge in [-0.15, -0.1) is 0 Å². The lowest BCUT2D eigenvalue weighted by atomic mass is 9.81. The van der Waals surface area contributed by atoms with E-state index in [2.05, 4.69) is 17.2 Å². The molecule has 4 nitrogen and oxygen atoms in total. The van der Waals surface area contributed by atoms with Crippen LogP contribution in [-0.4, -0.2) is 35.4 Å². The van der Waals surface area contributed by atoms with Crippen LogP contribution in [0.4, 0.5) is 0 Å². The summed E-state index contributed by atoms with van der Waals surface area (Å²) in [6.45, 7) is 7.32. The molecule has 1 amide bonds. The quantitative estimate of drug-likeness (QED) is 0.866. The molecule has 0 radical (unpaired) electrons. The van der Waals surface area contributed by atoms with Crippen LogP contribution in [0.2, 0.25) is 0 Å². The van der Waals surface area contributed by atoms with Crippen LogP contribution >= 0.6 is 0 Å². The summed E-state index contributed by atoms with van der Waals surface area (Å²) < 4.78 is 0. The van der Waals surface area contributed by atoms with Gasteiger partial charge in [-0.05, 0) is 38.4 Å². The normalized spacial score (nSPS) is 21.9. The van der Waals surface area contributed by atoms with Crippen LogP contribution in [0.25, 0.3) is 0 Å². The fourth-order valence-corrected chi connectivity index (χ4v) is 3.07. The molecule has 1 fully saturated rings. The summed E-state index contributed by atoms with van der Waals surface area (Å²) in [7, 11) is 0. The highest BCUT2D eigenvalue weighted by Gasteiger charge is 2.42. The standard InChI is InChI=1S/C16H25N3O/c1-3-8-16(9-11-17-13-16)15(20)19(4-2)12-14-7-5-6-10-18-14/h5-7,10,17H,3-4,8-9,11-13H2,1-2H3. The molecule has 1 N–H and O–H groups in total. The average molecular weight is 275 g/mol. The van der Waals surface area contributed by atoms with Crippen molar-refractivity contribution in [1.82, 2.24) is 15.2 Å². The van der Waals surface area contributed by atoms with E-state index in [1.807, 2.05) is 30.0 Å².